The van der Waals surface area contributed by atoms with Gasteiger partial charge in [-0.25, -0.2) is 13.2 Å². The third-order valence-corrected chi connectivity index (χ3v) is 7.53. The lowest BCUT2D eigenvalue weighted by Gasteiger charge is -2.26. The summed E-state index contributed by atoms with van der Waals surface area (Å²) in [6.07, 6.45) is 5.38. The number of para-hydroxylation sites is 1. The average molecular weight is 441 g/mol. The van der Waals surface area contributed by atoms with Crippen molar-refractivity contribution in [3.05, 3.63) is 63.5 Å². The van der Waals surface area contributed by atoms with E-state index >= 15 is 0 Å². The molecule has 7 heteroatoms. The van der Waals surface area contributed by atoms with E-state index in [0.717, 1.165) is 31.2 Å². The molecule has 1 saturated carbocycles. The van der Waals surface area contributed by atoms with E-state index in [-0.39, 0.29) is 16.6 Å². The van der Waals surface area contributed by atoms with Gasteiger partial charge in [-0.3, -0.25) is 4.72 Å². The van der Waals surface area contributed by atoms with Gasteiger partial charge < -0.3 is 9.73 Å². The van der Waals surface area contributed by atoms with E-state index in [9.17, 15) is 13.2 Å². The Morgan fingerprint density at radius 2 is 1.58 bits per heavy atom. The maximum atomic E-state index is 13.4. The molecule has 3 aromatic rings. The van der Waals surface area contributed by atoms with Crippen molar-refractivity contribution < 1.29 is 12.8 Å². The van der Waals surface area contributed by atoms with E-state index in [1.165, 1.54) is 6.42 Å². The summed E-state index contributed by atoms with van der Waals surface area (Å²) in [6, 6.07) is 11.0. The summed E-state index contributed by atoms with van der Waals surface area (Å²) in [7, 11) is -4.00. The fourth-order valence-electron chi connectivity index (χ4n) is 4.62. The SMILES string of the molecule is Cc1cc(C)c(S(=O)(=O)Nc2c(NC3CCCCC3)c3ccccc3oc2=O)c(C)c1. The Morgan fingerprint density at radius 1 is 0.935 bits per heavy atom. The Hall–Kier alpha value is -2.80. The van der Waals surface area contributed by atoms with E-state index in [1.807, 2.05) is 31.2 Å². The number of hydrogen-bond donors (Lipinski definition) is 2. The van der Waals surface area contributed by atoms with Gasteiger partial charge in [0.2, 0.25) is 0 Å². The number of rotatable bonds is 5. The predicted octanol–water partition coefficient (Wildman–Crippen LogP) is 5.26. The van der Waals surface area contributed by atoms with Crippen molar-refractivity contribution in [1.29, 1.82) is 0 Å². The zero-order chi connectivity index (χ0) is 22.2. The molecule has 1 aliphatic carbocycles. The van der Waals surface area contributed by atoms with Crippen molar-refractivity contribution in [3.8, 4) is 0 Å². The molecule has 31 heavy (non-hydrogen) atoms. The van der Waals surface area contributed by atoms with E-state index in [1.54, 1.807) is 26.0 Å². The van der Waals surface area contributed by atoms with Gasteiger partial charge in [-0.2, -0.15) is 0 Å². The molecule has 1 aliphatic rings. The van der Waals surface area contributed by atoms with Crippen LogP contribution in [0.1, 0.15) is 48.8 Å². The summed E-state index contributed by atoms with van der Waals surface area (Å²) in [4.78, 5) is 13.1. The van der Waals surface area contributed by atoms with Gasteiger partial charge in [0, 0.05) is 11.4 Å². The summed E-state index contributed by atoms with van der Waals surface area (Å²) >= 11 is 0. The highest BCUT2D eigenvalue weighted by molar-refractivity contribution is 7.92. The summed E-state index contributed by atoms with van der Waals surface area (Å²) in [6.45, 7) is 5.45. The molecule has 2 N–H and O–H groups in total. The van der Waals surface area contributed by atoms with Gasteiger partial charge >= 0.3 is 5.63 Å². The molecule has 0 saturated heterocycles. The smallest absolute Gasteiger partial charge is 0.363 e. The number of sulfonamides is 1. The summed E-state index contributed by atoms with van der Waals surface area (Å²) in [5, 5.41) is 4.14. The zero-order valence-corrected chi connectivity index (χ0v) is 18.9. The van der Waals surface area contributed by atoms with Gasteiger partial charge in [0.1, 0.15) is 5.58 Å². The molecular weight excluding hydrogens is 412 g/mol. The van der Waals surface area contributed by atoms with Gasteiger partial charge in [-0.1, -0.05) is 49.1 Å². The molecule has 164 valence electrons. The second kappa shape index (κ2) is 8.38. The van der Waals surface area contributed by atoms with Crippen LogP contribution in [0.3, 0.4) is 0 Å². The van der Waals surface area contributed by atoms with Crippen LogP contribution in [0.4, 0.5) is 11.4 Å². The number of nitrogens with one attached hydrogen (secondary N) is 2. The van der Waals surface area contributed by atoms with Gasteiger partial charge in [-0.05, 0) is 56.9 Å². The minimum absolute atomic E-state index is 0.0661. The topological polar surface area (TPSA) is 88.4 Å². The molecule has 0 aliphatic heterocycles. The monoisotopic (exact) mass is 440 g/mol. The summed E-state index contributed by atoms with van der Waals surface area (Å²) in [5.41, 5.74) is 2.40. The molecule has 1 fully saturated rings. The molecule has 6 nitrogen and oxygen atoms in total. The Labute approximate surface area is 182 Å². The normalized spacial score (nSPS) is 15.2. The van der Waals surface area contributed by atoms with Crippen molar-refractivity contribution in [2.24, 2.45) is 0 Å². The van der Waals surface area contributed by atoms with Crippen LogP contribution < -0.4 is 15.7 Å². The number of fused-ring (bicyclic) bond motifs is 1. The predicted molar refractivity (Wildman–Crippen MR) is 124 cm³/mol. The highest BCUT2D eigenvalue weighted by atomic mass is 32.2. The standard InChI is InChI=1S/C24H28N2O4S/c1-15-13-16(2)23(17(3)14-15)31(28,29)26-22-21(25-18-9-5-4-6-10-18)19-11-7-8-12-20(19)30-24(22)27/h7-8,11-14,18,25-26H,4-6,9-10H2,1-3H3. The molecular formula is C24H28N2O4S. The first-order valence-electron chi connectivity index (χ1n) is 10.7. The number of hydrogen-bond acceptors (Lipinski definition) is 5. The molecule has 0 spiro atoms. The van der Waals surface area contributed by atoms with Crippen LogP contribution in [-0.4, -0.2) is 14.5 Å². The molecule has 0 amide bonds. The van der Waals surface area contributed by atoms with E-state index in [0.29, 0.717) is 27.8 Å². The third kappa shape index (κ3) is 4.32. The Kier molecular flexibility index (Phi) is 5.79. The van der Waals surface area contributed by atoms with Gasteiger partial charge in [-0.15, -0.1) is 0 Å². The number of aryl methyl sites for hydroxylation is 3. The van der Waals surface area contributed by atoms with Crippen LogP contribution in [0.25, 0.3) is 11.0 Å². The highest BCUT2D eigenvalue weighted by Gasteiger charge is 2.26. The van der Waals surface area contributed by atoms with Crippen molar-refractivity contribution >= 4 is 32.4 Å². The lowest BCUT2D eigenvalue weighted by atomic mass is 9.95. The zero-order valence-electron chi connectivity index (χ0n) is 18.1. The lowest BCUT2D eigenvalue weighted by molar-refractivity contribution is 0.462. The third-order valence-electron chi connectivity index (χ3n) is 5.88. The molecule has 0 atom stereocenters. The maximum absolute atomic E-state index is 13.4. The second-order valence-corrected chi connectivity index (χ2v) is 10.1. The Bertz CT molecular complexity index is 1270. The van der Waals surface area contributed by atoms with Gasteiger partial charge in [0.05, 0.1) is 10.6 Å². The average Bonchev–Trinajstić information content (AvgIpc) is 2.70. The first kappa shape index (κ1) is 21.4. The molecule has 0 bridgehead atoms. The minimum atomic E-state index is -4.00. The van der Waals surface area contributed by atoms with Crippen LogP contribution in [-0.2, 0) is 10.0 Å². The van der Waals surface area contributed by atoms with Gasteiger partial charge in [0.25, 0.3) is 10.0 Å². The number of anilines is 2. The first-order valence-corrected chi connectivity index (χ1v) is 12.2. The Balaban J connectivity index is 1.84. The summed E-state index contributed by atoms with van der Waals surface area (Å²) in [5.74, 6) is 0. The molecule has 2 aromatic carbocycles. The van der Waals surface area contributed by atoms with Crippen molar-refractivity contribution in [2.45, 2.75) is 63.8 Å². The van der Waals surface area contributed by atoms with E-state index in [4.69, 9.17) is 4.42 Å². The second-order valence-electron chi connectivity index (χ2n) is 8.45. The molecule has 0 radical (unpaired) electrons. The van der Waals surface area contributed by atoms with Crippen molar-refractivity contribution in [1.82, 2.24) is 0 Å². The fraction of sp³-hybridized carbons (Fsp3) is 0.375. The van der Waals surface area contributed by atoms with Crippen LogP contribution in [0.15, 0.2) is 50.5 Å². The Morgan fingerprint density at radius 3 is 2.26 bits per heavy atom. The summed E-state index contributed by atoms with van der Waals surface area (Å²) < 4.78 is 34.8. The largest absolute Gasteiger partial charge is 0.421 e. The molecule has 1 aromatic heterocycles. The van der Waals surface area contributed by atoms with Gasteiger partial charge in [0.15, 0.2) is 5.69 Å². The number of benzene rings is 2. The van der Waals surface area contributed by atoms with Crippen LogP contribution >= 0.6 is 0 Å². The quantitative estimate of drug-likeness (QED) is 0.528. The lowest BCUT2D eigenvalue weighted by Crippen LogP contribution is -2.26. The van der Waals surface area contributed by atoms with Crippen LogP contribution in [0.5, 0.6) is 0 Å². The highest BCUT2D eigenvalue weighted by Crippen LogP contribution is 2.33. The van der Waals surface area contributed by atoms with E-state index in [2.05, 4.69) is 10.0 Å². The molecule has 1 heterocycles. The van der Waals surface area contributed by atoms with Crippen LogP contribution in [0.2, 0.25) is 0 Å². The van der Waals surface area contributed by atoms with Crippen molar-refractivity contribution in [2.75, 3.05) is 10.0 Å². The maximum Gasteiger partial charge on any atom is 0.363 e. The molecule has 4 rings (SSSR count). The van der Waals surface area contributed by atoms with Crippen LogP contribution in [0, 0.1) is 20.8 Å². The first-order chi connectivity index (χ1) is 14.8. The fourth-order valence-corrected chi connectivity index (χ4v) is 6.14. The van der Waals surface area contributed by atoms with E-state index < -0.39 is 15.6 Å². The minimum Gasteiger partial charge on any atom is -0.421 e. The molecule has 0 unspecified atom stereocenters. The van der Waals surface area contributed by atoms with Crippen molar-refractivity contribution in [3.63, 3.8) is 0 Å².